The molecule has 2 aromatic heterocycles. The van der Waals surface area contributed by atoms with E-state index in [4.69, 9.17) is 9.47 Å². The summed E-state index contributed by atoms with van der Waals surface area (Å²) in [4.78, 5) is 16.3. The fourth-order valence-electron chi connectivity index (χ4n) is 4.87. The van der Waals surface area contributed by atoms with E-state index in [1.807, 2.05) is 0 Å². The van der Waals surface area contributed by atoms with E-state index < -0.39 is 15.8 Å². The van der Waals surface area contributed by atoms with Gasteiger partial charge in [0.1, 0.15) is 11.4 Å². The summed E-state index contributed by atoms with van der Waals surface area (Å²) in [7, 11) is -2.53. The standard InChI is InChI=1S/C28H26N4O5S/c1-36-21-8-10-26-20(15-21)17-27(32(26)38(34,35)22-5-3-2-4-6-22)28(33)19-7-9-24-23(16-19)25(30-29-24)18-31-11-13-37-14-12-31/h2-10,15-17H,11-14,18H2,1H3,(H,29,30). The van der Waals surface area contributed by atoms with E-state index >= 15 is 0 Å². The molecule has 1 N–H and O–H groups in total. The molecule has 0 bridgehead atoms. The number of carbonyl (C=O) groups is 1. The van der Waals surface area contributed by atoms with Crippen LogP contribution in [0.1, 0.15) is 21.7 Å². The molecule has 0 atom stereocenters. The second-order valence-corrected chi connectivity index (χ2v) is 11.0. The summed E-state index contributed by atoms with van der Waals surface area (Å²) in [6.45, 7) is 3.65. The van der Waals surface area contributed by atoms with Crippen molar-refractivity contribution < 1.29 is 22.7 Å². The number of aromatic amines is 1. The Morgan fingerprint density at radius 3 is 2.58 bits per heavy atom. The van der Waals surface area contributed by atoms with Gasteiger partial charge in [0, 0.05) is 36.0 Å². The average Bonchev–Trinajstić information content (AvgIpc) is 3.54. The number of hydrogen-bond donors (Lipinski definition) is 1. The number of nitrogens with zero attached hydrogens (tertiary/aromatic N) is 3. The highest BCUT2D eigenvalue weighted by atomic mass is 32.2. The zero-order chi connectivity index (χ0) is 26.3. The van der Waals surface area contributed by atoms with Crippen molar-refractivity contribution in [1.29, 1.82) is 0 Å². The van der Waals surface area contributed by atoms with Crippen LogP contribution >= 0.6 is 0 Å². The van der Waals surface area contributed by atoms with Crippen LogP contribution in [-0.4, -0.2) is 66.7 Å². The predicted octanol–water partition coefficient (Wildman–Crippen LogP) is 3.83. The van der Waals surface area contributed by atoms with Gasteiger partial charge in [0.15, 0.2) is 0 Å². The van der Waals surface area contributed by atoms with Gasteiger partial charge in [0.25, 0.3) is 10.0 Å². The highest BCUT2D eigenvalue weighted by Crippen LogP contribution is 2.31. The number of aromatic nitrogens is 3. The Labute approximate surface area is 219 Å². The minimum absolute atomic E-state index is 0.0506. The summed E-state index contributed by atoms with van der Waals surface area (Å²) >= 11 is 0. The molecular weight excluding hydrogens is 504 g/mol. The van der Waals surface area contributed by atoms with Gasteiger partial charge < -0.3 is 9.47 Å². The summed E-state index contributed by atoms with van der Waals surface area (Å²) in [5.41, 5.74) is 2.47. The first-order chi connectivity index (χ1) is 18.5. The first kappa shape index (κ1) is 24.4. The fourth-order valence-corrected chi connectivity index (χ4v) is 6.40. The van der Waals surface area contributed by atoms with Crippen molar-refractivity contribution in [3.8, 4) is 5.75 Å². The smallest absolute Gasteiger partial charge is 0.268 e. The van der Waals surface area contributed by atoms with Gasteiger partial charge in [0.2, 0.25) is 5.78 Å². The number of benzene rings is 3. The lowest BCUT2D eigenvalue weighted by Gasteiger charge is -2.25. The molecule has 38 heavy (non-hydrogen) atoms. The summed E-state index contributed by atoms with van der Waals surface area (Å²) in [6, 6.07) is 20.0. The highest BCUT2D eigenvalue weighted by Gasteiger charge is 2.27. The van der Waals surface area contributed by atoms with Crippen LogP contribution in [0.5, 0.6) is 5.75 Å². The lowest BCUT2D eigenvalue weighted by molar-refractivity contribution is 0.0338. The lowest BCUT2D eigenvalue weighted by atomic mass is 10.0. The third-order valence-electron chi connectivity index (χ3n) is 6.86. The largest absolute Gasteiger partial charge is 0.497 e. The van der Waals surface area contributed by atoms with Gasteiger partial charge in [-0.2, -0.15) is 5.10 Å². The molecule has 10 heteroatoms. The number of methoxy groups -OCH3 is 1. The minimum atomic E-state index is -4.07. The Hall–Kier alpha value is -3.99. The van der Waals surface area contributed by atoms with Gasteiger partial charge >= 0.3 is 0 Å². The van der Waals surface area contributed by atoms with Gasteiger partial charge in [-0.1, -0.05) is 18.2 Å². The van der Waals surface area contributed by atoms with Gasteiger partial charge in [-0.25, -0.2) is 12.4 Å². The zero-order valence-electron chi connectivity index (χ0n) is 20.8. The number of ketones is 1. The quantitative estimate of drug-likeness (QED) is 0.319. The van der Waals surface area contributed by atoms with Crippen LogP contribution in [0.2, 0.25) is 0 Å². The van der Waals surface area contributed by atoms with Crippen molar-refractivity contribution in [2.24, 2.45) is 0 Å². The molecule has 5 aromatic rings. The van der Waals surface area contributed by atoms with Gasteiger partial charge in [-0.3, -0.25) is 14.8 Å². The van der Waals surface area contributed by atoms with Crippen molar-refractivity contribution in [2.75, 3.05) is 33.4 Å². The van der Waals surface area contributed by atoms with Crippen LogP contribution in [0.3, 0.4) is 0 Å². The van der Waals surface area contributed by atoms with Crippen LogP contribution in [0.4, 0.5) is 0 Å². The van der Waals surface area contributed by atoms with Crippen LogP contribution in [0, 0.1) is 0 Å². The summed E-state index contributed by atoms with van der Waals surface area (Å²) in [5, 5.41) is 8.92. The first-order valence-corrected chi connectivity index (χ1v) is 13.7. The maximum absolute atomic E-state index is 14.0. The Morgan fingerprint density at radius 2 is 1.82 bits per heavy atom. The molecule has 0 amide bonds. The van der Waals surface area contributed by atoms with E-state index in [2.05, 4.69) is 15.1 Å². The number of fused-ring (bicyclic) bond motifs is 2. The Balaban J connectivity index is 1.47. The third-order valence-corrected chi connectivity index (χ3v) is 8.60. The van der Waals surface area contributed by atoms with E-state index in [0.29, 0.717) is 42.0 Å². The van der Waals surface area contributed by atoms with E-state index in [0.717, 1.165) is 33.7 Å². The van der Waals surface area contributed by atoms with E-state index in [1.165, 1.54) is 12.1 Å². The Morgan fingerprint density at radius 1 is 1.03 bits per heavy atom. The number of ether oxygens (including phenoxy) is 2. The number of hydrogen-bond acceptors (Lipinski definition) is 7. The summed E-state index contributed by atoms with van der Waals surface area (Å²) in [6.07, 6.45) is 0. The van der Waals surface area contributed by atoms with Crippen molar-refractivity contribution in [2.45, 2.75) is 11.4 Å². The second kappa shape index (κ2) is 9.71. The zero-order valence-corrected chi connectivity index (χ0v) is 21.6. The lowest BCUT2D eigenvalue weighted by Crippen LogP contribution is -2.35. The molecule has 0 unspecified atom stereocenters. The normalized spacial score (nSPS) is 14.8. The molecule has 1 saturated heterocycles. The van der Waals surface area contributed by atoms with Crippen LogP contribution in [0.25, 0.3) is 21.8 Å². The maximum atomic E-state index is 14.0. The number of H-pyrrole nitrogens is 1. The molecule has 0 saturated carbocycles. The molecule has 1 aliphatic heterocycles. The average molecular weight is 531 g/mol. The molecule has 0 aliphatic carbocycles. The summed E-state index contributed by atoms with van der Waals surface area (Å²) in [5.74, 6) is 0.165. The Bertz CT molecular complexity index is 1750. The van der Waals surface area contributed by atoms with Crippen LogP contribution in [0.15, 0.2) is 77.7 Å². The number of carbonyl (C=O) groups excluding carboxylic acids is 1. The fraction of sp³-hybridized carbons (Fsp3) is 0.214. The Kier molecular flexibility index (Phi) is 6.22. The van der Waals surface area contributed by atoms with Crippen molar-refractivity contribution in [3.05, 3.63) is 89.7 Å². The molecule has 194 valence electrons. The first-order valence-electron chi connectivity index (χ1n) is 12.3. The van der Waals surface area contributed by atoms with Gasteiger partial charge in [0.05, 0.1) is 41.9 Å². The van der Waals surface area contributed by atoms with Gasteiger partial charge in [-0.15, -0.1) is 0 Å². The molecule has 1 fully saturated rings. The molecule has 3 heterocycles. The van der Waals surface area contributed by atoms with Crippen molar-refractivity contribution in [3.63, 3.8) is 0 Å². The third kappa shape index (κ3) is 4.26. The molecule has 9 nitrogen and oxygen atoms in total. The molecule has 0 spiro atoms. The monoisotopic (exact) mass is 530 g/mol. The van der Waals surface area contributed by atoms with E-state index in [-0.39, 0.29) is 10.6 Å². The SMILES string of the molecule is COc1ccc2c(c1)cc(C(=O)c1ccc3n[nH]c(CN4CCOCC4)c3c1)n2S(=O)(=O)c1ccccc1. The number of nitrogens with one attached hydrogen (secondary N) is 1. The van der Waals surface area contributed by atoms with Crippen molar-refractivity contribution >= 4 is 37.6 Å². The summed E-state index contributed by atoms with van der Waals surface area (Å²) < 4.78 is 39.5. The van der Waals surface area contributed by atoms with Crippen LogP contribution < -0.4 is 4.74 Å². The molecule has 6 rings (SSSR count). The van der Waals surface area contributed by atoms with E-state index in [9.17, 15) is 13.2 Å². The predicted molar refractivity (Wildman–Crippen MR) is 143 cm³/mol. The van der Waals surface area contributed by atoms with Gasteiger partial charge in [-0.05, 0) is 54.6 Å². The topological polar surface area (TPSA) is 107 Å². The maximum Gasteiger partial charge on any atom is 0.268 e. The molecule has 3 aromatic carbocycles. The molecular formula is C28H26N4O5S. The minimum Gasteiger partial charge on any atom is -0.497 e. The van der Waals surface area contributed by atoms with Crippen molar-refractivity contribution in [1.82, 2.24) is 19.1 Å². The molecule has 0 radical (unpaired) electrons. The second-order valence-electron chi connectivity index (χ2n) is 9.19. The van der Waals surface area contributed by atoms with E-state index in [1.54, 1.807) is 67.8 Å². The highest BCUT2D eigenvalue weighted by molar-refractivity contribution is 7.90. The number of rotatable bonds is 7. The van der Waals surface area contributed by atoms with Crippen LogP contribution in [-0.2, 0) is 21.3 Å². The molecule has 1 aliphatic rings. The number of morpholine rings is 1.